The largest absolute Gasteiger partial charge is 0.325 e. The van der Waals surface area contributed by atoms with Gasteiger partial charge >= 0.3 is 0 Å². The first kappa shape index (κ1) is 13.6. The molecule has 0 aliphatic carbocycles. The summed E-state index contributed by atoms with van der Waals surface area (Å²) in [6.07, 6.45) is 1.93. The highest BCUT2D eigenvalue weighted by Gasteiger charge is 2.07. The zero-order valence-corrected chi connectivity index (χ0v) is 12.4. The summed E-state index contributed by atoms with van der Waals surface area (Å²) in [4.78, 5) is 4.52. The van der Waals surface area contributed by atoms with Crippen LogP contribution in [-0.4, -0.2) is 20.0 Å². The molecule has 4 rings (SSSR count). The number of fused-ring (bicyclic) bond motifs is 1. The van der Waals surface area contributed by atoms with Crippen LogP contribution in [0.25, 0.3) is 27.8 Å². The number of para-hydroxylation sites is 1. The Morgan fingerprint density at radius 3 is 2.65 bits per heavy atom. The Balaban J connectivity index is 1.73. The molecule has 112 valence electrons. The molecule has 0 fully saturated rings. The van der Waals surface area contributed by atoms with Crippen molar-refractivity contribution in [1.29, 1.82) is 0 Å². The van der Waals surface area contributed by atoms with Crippen molar-refractivity contribution in [3.8, 4) is 16.9 Å². The summed E-state index contributed by atoms with van der Waals surface area (Å²) in [6.45, 7) is 0.448. The molecule has 2 aromatic heterocycles. The van der Waals surface area contributed by atoms with Crippen LogP contribution in [0.4, 0.5) is 0 Å². The van der Waals surface area contributed by atoms with Crippen molar-refractivity contribution in [1.82, 2.24) is 20.0 Å². The standard InChI is InChI=1S/C18H15N5/c19-11-15-8-6-13-10-14(7-9-17(13)20-15)18-12-23(22-21-18)16-4-2-1-3-5-16/h1-10,12H,11,19H2. The molecule has 0 unspecified atom stereocenters. The van der Waals surface area contributed by atoms with Crippen LogP contribution in [0.1, 0.15) is 5.69 Å². The van der Waals surface area contributed by atoms with E-state index in [0.717, 1.165) is 33.5 Å². The van der Waals surface area contributed by atoms with E-state index in [0.29, 0.717) is 6.54 Å². The second kappa shape index (κ2) is 5.62. The molecule has 0 aliphatic heterocycles. The third-order valence-corrected chi connectivity index (χ3v) is 3.77. The number of hydrogen-bond acceptors (Lipinski definition) is 4. The highest BCUT2D eigenvalue weighted by atomic mass is 15.4. The summed E-state index contributed by atoms with van der Waals surface area (Å²) < 4.78 is 1.77. The quantitative estimate of drug-likeness (QED) is 0.631. The Kier molecular flexibility index (Phi) is 3.33. The lowest BCUT2D eigenvalue weighted by atomic mass is 10.1. The number of hydrogen-bond donors (Lipinski definition) is 1. The zero-order valence-electron chi connectivity index (χ0n) is 12.4. The fourth-order valence-corrected chi connectivity index (χ4v) is 2.54. The van der Waals surface area contributed by atoms with Crippen LogP contribution < -0.4 is 5.73 Å². The van der Waals surface area contributed by atoms with Crippen LogP contribution in [0.5, 0.6) is 0 Å². The minimum absolute atomic E-state index is 0.448. The van der Waals surface area contributed by atoms with E-state index in [9.17, 15) is 0 Å². The molecule has 2 N–H and O–H groups in total. The van der Waals surface area contributed by atoms with Gasteiger partial charge in [0.1, 0.15) is 5.69 Å². The van der Waals surface area contributed by atoms with Crippen LogP contribution in [0.15, 0.2) is 66.9 Å². The second-order valence-electron chi connectivity index (χ2n) is 5.30. The lowest BCUT2D eigenvalue weighted by Gasteiger charge is -2.02. The van der Waals surface area contributed by atoms with Crippen LogP contribution >= 0.6 is 0 Å². The smallest absolute Gasteiger partial charge is 0.113 e. The van der Waals surface area contributed by atoms with E-state index in [1.165, 1.54) is 0 Å². The lowest BCUT2D eigenvalue weighted by Crippen LogP contribution is -1.98. The second-order valence-corrected chi connectivity index (χ2v) is 5.30. The number of nitrogens with two attached hydrogens (primary N) is 1. The minimum Gasteiger partial charge on any atom is -0.325 e. The number of rotatable bonds is 3. The first-order chi connectivity index (χ1) is 11.3. The third-order valence-electron chi connectivity index (χ3n) is 3.77. The minimum atomic E-state index is 0.448. The van der Waals surface area contributed by atoms with E-state index in [-0.39, 0.29) is 0 Å². The monoisotopic (exact) mass is 301 g/mol. The molecule has 0 saturated carbocycles. The molecule has 5 heteroatoms. The fourth-order valence-electron chi connectivity index (χ4n) is 2.54. The maximum Gasteiger partial charge on any atom is 0.113 e. The number of nitrogens with zero attached hydrogens (tertiary/aromatic N) is 4. The SMILES string of the molecule is NCc1ccc2cc(-c3cn(-c4ccccc4)nn3)ccc2n1. The normalized spacial score (nSPS) is 11.0. The van der Waals surface area contributed by atoms with Crippen LogP contribution in [0.2, 0.25) is 0 Å². The Hall–Kier alpha value is -3.05. The van der Waals surface area contributed by atoms with Crippen molar-refractivity contribution in [2.45, 2.75) is 6.54 Å². The highest BCUT2D eigenvalue weighted by molar-refractivity contribution is 5.83. The summed E-state index contributed by atoms with van der Waals surface area (Å²) >= 11 is 0. The van der Waals surface area contributed by atoms with E-state index >= 15 is 0 Å². The molecule has 23 heavy (non-hydrogen) atoms. The van der Waals surface area contributed by atoms with Crippen molar-refractivity contribution in [2.75, 3.05) is 0 Å². The van der Waals surface area contributed by atoms with E-state index < -0.39 is 0 Å². The summed E-state index contributed by atoms with van der Waals surface area (Å²) in [5.41, 5.74) is 10.3. The van der Waals surface area contributed by atoms with Crippen molar-refractivity contribution in [3.05, 3.63) is 72.6 Å². The molecule has 2 heterocycles. The third kappa shape index (κ3) is 2.58. The van der Waals surface area contributed by atoms with Crippen molar-refractivity contribution in [3.63, 3.8) is 0 Å². The van der Waals surface area contributed by atoms with E-state index in [1.54, 1.807) is 4.68 Å². The predicted molar refractivity (Wildman–Crippen MR) is 90.0 cm³/mol. The molecule has 0 atom stereocenters. The Morgan fingerprint density at radius 1 is 0.957 bits per heavy atom. The molecule has 0 aliphatic rings. The number of aromatic nitrogens is 4. The van der Waals surface area contributed by atoms with Crippen LogP contribution in [0, 0.1) is 0 Å². The molecule has 0 bridgehead atoms. The number of benzene rings is 2. The molecular formula is C18H15N5. The van der Waals surface area contributed by atoms with E-state index in [1.807, 2.05) is 60.8 Å². The van der Waals surface area contributed by atoms with Crippen LogP contribution in [0.3, 0.4) is 0 Å². The molecule has 2 aromatic carbocycles. The molecule has 4 aromatic rings. The van der Waals surface area contributed by atoms with Crippen LogP contribution in [-0.2, 0) is 6.54 Å². The van der Waals surface area contributed by atoms with Gasteiger partial charge in [0, 0.05) is 17.5 Å². The summed E-state index contributed by atoms with van der Waals surface area (Å²) in [5, 5.41) is 9.54. The summed E-state index contributed by atoms with van der Waals surface area (Å²) in [7, 11) is 0. The molecule has 0 amide bonds. The van der Waals surface area contributed by atoms with Gasteiger partial charge in [-0.3, -0.25) is 4.98 Å². The van der Waals surface area contributed by atoms with Gasteiger partial charge in [-0.25, -0.2) is 4.68 Å². The molecule has 0 saturated heterocycles. The number of pyridine rings is 1. The maximum atomic E-state index is 5.64. The topological polar surface area (TPSA) is 69.6 Å². The first-order valence-corrected chi connectivity index (χ1v) is 7.41. The zero-order chi connectivity index (χ0) is 15.6. The Morgan fingerprint density at radius 2 is 1.83 bits per heavy atom. The molecule has 0 radical (unpaired) electrons. The first-order valence-electron chi connectivity index (χ1n) is 7.41. The van der Waals surface area contributed by atoms with Gasteiger partial charge < -0.3 is 5.73 Å². The summed E-state index contributed by atoms with van der Waals surface area (Å²) in [6, 6.07) is 20.0. The van der Waals surface area contributed by atoms with Gasteiger partial charge in [-0.1, -0.05) is 35.5 Å². The maximum absolute atomic E-state index is 5.64. The molecule has 0 spiro atoms. The van der Waals surface area contributed by atoms with Crippen molar-refractivity contribution < 1.29 is 0 Å². The van der Waals surface area contributed by atoms with Gasteiger partial charge in [-0.15, -0.1) is 5.10 Å². The molecular weight excluding hydrogens is 286 g/mol. The Bertz CT molecular complexity index is 959. The van der Waals surface area contributed by atoms with E-state index in [2.05, 4.69) is 21.4 Å². The van der Waals surface area contributed by atoms with Gasteiger partial charge in [0.05, 0.1) is 23.1 Å². The van der Waals surface area contributed by atoms with Gasteiger partial charge in [0.2, 0.25) is 0 Å². The highest BCUT2D eigenvalue weighted by Crippen LogP contribution is 2.22. The van der Waals surface area contributed by atoms with Crippen molar-refractivity contribution >= 4 is 10.9 Å². The summed E-state index contributed by atoms with van der Waals surface area (Å²) in [5.74, 6) is 0. The molecule has 5 nitrogen and oxygen atoms in total. The fraction of sp³-hybridized carbons (Fsp3) is 0.0556. The van der Waals surface area contributed by atoms with Crippen molar-refractivity contribution in [2.24, 2.45) is 5.73 Å². The Labute approximate surface area is 133 Å². The van der Waals surface area contributed by atoms with Gasteiger partial charge in [-0.2, -0.15) is 0 Å². The van der Waals surface area contributed by atoms with Gasteiger partial charge in [-0.05, 0) is 30.3 Å². The average Bonchev–Trinajstić information content (AvgIpc) is 3.11. The lowest BCUT2D eigenvalue weighted by molar-refractivity contribution is 0.804. The average molecular weight is 301 g/mol. The van der Waals surface area contributed by atoms with Gasteiger partial charge in [0.15, 0.2) is 0 Å². The van der Waals surface area contributed by atoms with Gasteiger partial charge in [0.25, 0.3) is 0 Å². The predicted octanol–water partition coefficient (Wildman–Crippen LogP) is 2.94. The van der Waals surface area contributed by atoms with E-state index in [4.69, 9.17) is 5.73 Å².